The molecule has 1 heterocycles. The number of para-hydroxylation sites is 2. The highest BCUT2D eigenvalue weighted by atomic mass is 32.2. The lowest BCUT2D eigenvalue weighted by atomic mass is 10.1. The lowest BCUT2D eigenvalue weighted by molar-refractivity contribution is -0.136. The number of halogens is 3. The maximum Gasteiger partial charge on any atom is 0.417 e. The summed E-state index contributed by atoms with van der Waals surface area (Å²) in [5.41, 5.74) is -0.161. The number of aromatic nitrogens is 1. The van der Waals surface area contributed by atoms with Crippen molar-refractivity contribution in [2.24, 2.45) is 0 Å². The molecule has 1 amide bonds. The number of anilines is 1. The van der Waals surface area contributed by atoms with Crippen molar-refractivity contribution < 1.29 is 27.4 Å². The largest absolute Gasteiger partial charge is 0.497 e. The van der Waals surface area contributed by atoms with Crippen LogP contribution in [0.4, 0.5) is 18.9 Å². The van der Waals surface area contributed by atoms with E-state index in [1.165, 1.54) is 25.3 Å². The molecule has 0 saturated carbocycles. The van der Waals surface area contributed by atoms with Crippen LogP contribution in [-0.4, -0.2) is 30.4 Å². The maximum absolute atomic E-state index is 13.5. The van der Waals surface area contributed by atoms with Crippen molar-refractivity contribution in [2.75, 3.05) is 24.8 Å². The van der Waals surface area contributed by atoms with Gasteiger partial charge in [0.25, 0.3) is 0 Å². The van der Waals surface area contributed by atoms with Crippen LogP contribution in [-0.2, 0) is 11.0 Å². The normalized spacial score (nSPS) is 11.4. The monoisotopic (exact) mass is 436 g/mol. The molecule has 158 valence electrons. The van der Waals surface area contributed by atoms with Gasteiger partial charge in [-0.2, -0.15) is 13.2 Å². The molecular formula is C21H19F3N2O3S. The molecular weight excluding hydrogens is 417 g/mol. The summed E-state index contributed by atoms with van der Waals surface area (Å²) < 4.78 is 51.1. The van der Waals surface area contributed by atoms with Gasteiger partial charge in [-0.05, 0) is 37.3 Å². The predicted octanol–water partition coefficient (Wildman–Crippen LogP) is 5.39. The van der Waals surface area contributed by atoms with Crippen molar-refractivity contribution in [3.63, 3.8) is 0 Å². The average molecular weight is 436 g/mol. The second kappa shape index (κ2) is 9.25. The predicted molar refractivity (Wildman–Crippen MR) is 110 cm³/mol. The third kappa shape index (κ3) is 5.15. The van der Waals surface area contributed by atoms with Crippen LogP contribution in [0.15, 0.2) is 53.6 Å². The van der Waals surface area contributed by atoms with E-state index in [0.29, 0.717) is 23.8 Å². The summed E-state index contributed by atoms with van der Waals surface area (Å²) in [5, 5.41) is 2.78. The molecule has 0 aliphatic carbocycles. The van der Waals surface area contributed by atoms with E-state index in [0.717, 1.165) is 17.8 Å². The Labute approximate surface area is 175 Å². The van der Waals surface area contributed by atoms with Gasteiger partial charge in [-0.25, -0.2) is 4.98 Å². The third-order valence-electron chi connectivity index (χ3n) is 4.11. The summed E-state index contributed by atoms with van der Waals surface area (Å²) in [4.78, 5) is 16.6. The highest BCUT2D eigenvalue weighted by Crippen LogP contribution is 2.37. The van der Waals surface area contributed by atoms with Gasteiger partial charge in [-0.1, -0.05) is 23.9 Å². The molecule has 2 aromatic carbocycles. The molecule has 0 radical (unpaired) electrons. The summed E-state index contributed by atoms with van der Waals surface area (Å²) in [5.74, 6) is 0.428. The topological polar surface area (TPSA) is 60.5 Å². The molecule has 30 heavy (non-hydrogen) atoms. The smallest absolute Gasteiger partial charge is 0.417 e. The van der Waals surface area contributed by atoms with E-state index in [-0.39, 0.29) is 27.6 Å². The van der Waals surface area contributed by atoms with Crippen LogP contribution in [0.2, 0.25) is 0 Å². The van der Waals surface area contributed by atoms with Crippen LogP contribution in [0, 0.1) is 0 Å². The molecule has 3 rings (SSSR count). The minimum atomic E-state index is -4.55. The number of carbonyl (C=O) groups excluding carboxylic acids is 1. The zero-order chi connectivity index (χ0) is 21.7. The molecule has 0 aliphatic rings. The number of amides is 1. The first-order chi connectivity index (χ1) is 14.3. The van der Waals surface area contributed by atoms with Crippen LogP contribution in [0.25, 0.3) is 10.9 Å². The number of nitrogens with zero attached hydrogens (tertiary/aromatic N) is 1. The highest BCUT2D eigenvalue weighted by Gasteiger charge is 2.33. The first kappa shape index (κ1) is 21.8. The molecule has 0 unspecified atom stereocenters. The number of nitrogens with one attached hydrogen (secondary N) is 1. The van der Waals surface area contributed by atoms with E-state index >= 15 is 0 Å². The fraction of sp³-hybridized carbons (Fsp3) is 0.238. The molecule has 0 bridgehead atoms. The first-order valence-electron chi connectivity index (χ1n) is 9.02. The number of benzene rings is 2. The van der Waals surface area contributed by atoms with E-state index in [1.54, 1.807) is 24.3 Å². The van der Waals surface area contributed by atoms with Crippen LogP contribution >= 0.6 is 11.8 Å². The Kier molecular flexibility index (Phi) is 6.71. The number of alkyl halides is 3. The molecule has 3 aromatic rings. The number of carbonyl (C=O) groups is 1. The number of hydrogen-bond donors (Lipinski definition) is 1. The van der Waals surface area contributed by atoms with Gasteiger partial charge >= 0.3 is 6.18 Å². The van der Waals surface area contributed by atoms with Crippen molar-refractivity contribution in [2.45, 2.75) is 18.1 Å². The Morgan fingerprint density at radius 2 is 1.93 bits per heavy atom. The Morgan fingerprint density at radius 1 is 1.17 bits per heavy atom. The van der Waals surface area contributed by atoms with Crippen LogP contribution in [0.1, 0.15) is 12.5 Å². The standard InChI is InChI=1S/C21H19F3N2O3S/c1-3-29-18-7-5-4-6-16(18)25-19(27)12-30-20-11-15(21(22,23)24)14-9-8-13(28-2)10-17(14)26-20/h4-11H,3,12H2,1-2H3,(H,25,27). The average Bonchev–Trinajstić information content (AvgIpc) is 2.72. The molecule has 9 heteroatoms. The first-order valence-corrected chi connectivity index (χ1v) is 10.0. The minimum absolute atomic E-state index is 0.0252. The molecule has 1 aromatic heterocycles. The van der Waals surface area contributed by atoms with E-state index in [1.807, 2.05) is 6.92 Å². The fourth-order valence-electron chi connectivity index (χ4n) is 2.80. The van der Waals surface area contributed by atoms with Gasteiger partial charge in [0.15, 0.2) is 0 Å². The minimum Gasteiger partial charge on any atom is -0.497 e. The second-order valence-electron chi connectivity index (χ2n) is 6.15. The van der Waals surface area contributed by atoms with Gasteiger partial charge in [-0.15, -0.1) is 0 Å². The molecule has 1 N–H and O–H groups in total. The lowest BCUT2D eigenvalue weighted by Gasteiger charge is -2.13. The van der Waals surface area contributed by atoms with Crippen molar-refractivity contribution in [1.29, 1.82) is 0 Å². The zero-order valence-electron chi connectivity index (χ0n) is 16.2. The number of methoxy groups -OCH3 is 1. The van der Waals surface area contributed by atoms with Crippen molar-refractivity contribution >= 4 is 34.3 Å². The van der Waals surface area contributed by atoms with Crippen LogP contribution < -0.4 is 14.8 Å². The van der Waals surface area contributed by atoms with Crippen LogP contribution in [0.3, 0.4) is 0 Å². The van der Waals surface area contributed by atoms with Gasteiger partial charge in [0.1, 0.15) is 11.5 Å². The van der Waals surface area contributed by atoms with Crippen LogP contribution in [0.5, 0.6) is 11.5 Å². The molecule has 0 saturated heterocycles. The van der Waals surface area contributed by atoms with E-state index in [2.05, 4.69) is 10.3 Å². The van der Waals surface area contributed by atoms with Crippen molar-refractivity contribution in [3.05, 3.63) is 54.1 Å². The fourth-order valence-corrected chi connectivity index (χ4v) is 3.51. The molecule has 0 aliphatic heterocycles. The maximum atomic E-state index is 13.5. The van der Waals surface area contributed by atoms with Gasteiger partial charge in [0.05, 0.1) is 41.3 Å². The summed E-state index contributed by atoms with van der Waals surface area (Å²) in [6.07, 6.45) is -4.55. The quantitative estimate of drug-likeness (QED) is 0.503. The number of hydrogen-bond acceptors (Lipinski definition) is 5. The van der Waals surface area contributed by atoms with E-state index in [9.17, 15) is 18.0 Å². The number of pyridine rings is 1. The highest BCUT2D eigenvalue weighted by molar-refractivity contribution is 7.99. The summed E-state index contributed by atoms with van der Waals surface area (Å²) in [6, 6.07) is 12.1. The number of fused-ring (bicyclic) bond motifs is 1. The number of rotatable bonds is 7. The van der Waals surface area contributed by atoms with Gasteiger partial charge in [0, 0.05) is 11.5 Å². The molecule has 5 nitrogen and oxygen atoms in total. The zero-order valence-corrected chi connectivity index (χ0v) is 17.1. The Bertz CT molecular complexity index is 1060. The summed E-state index contributed by atoms with van der Waals surface area (Å²) in [6.45, 7) is 2.26. The molecule has 0 atom stereocenters. The van der Waals surface area contributed by atoms with E-state index in [4.69, 9.17) is 9.47 Å². The Balaban J connectivity index is 1.81. The van der Waals surface area contributed by atoms with Gasteiger partial charge in [0.2, 0.25) is 5.91 Å². The van der Waals surface area contributed by atoms with Gasteiger partial charge in [-0.3, -0.25) is 4.79 Å². The van der Waals surface area contributed by atoms with Crippen molar-refractivity contribution in [1.82, 2.24) is 4.98 Å². The second-order valence-corrected chi connectivity index (χ2v) is 7.15. The van der Waals surface area contributed by atoms with E-state index < -0.39 is 11.7 Å². The third-order valence-corrected chi connectivity index (χ3v) is 5.02. The number of thioether (sulfide) groups is 1. The Hall–Kier alpha value is -2.94. The van der Waals surface area contributed by atoms with Crippen molar-refractivity contribution in [3.8, 4) is 11.5 Å². The SMILES string of the molecule is CCOc1ccccc1NC(=O)CSc1cc(C(F)(F)F)c2ccc(OC)cc2n1. The lowest BCUT2D eigenvalue weighted by Crippen LogP contribution is -2.15. The number of ether oxygens (including phenoxy) is 2. The summed E-state index contributed by atoms with van der Waals surface area (Å²) in [7, 11) is 1.43. The molecule has 0 fully saturated rings. The van der Waals surface area contributed by atoms with Gasteiger partial charge < -0.3 is 14.8 Å². The Morgan fingerprint density at radius 3 is 2.63 bits per heavy atom. The molecule has 0 spiro atoms. The summed E-state index contributed by atoms with van der Waals surface area (Å²) >= 11 is 0.921.